The summed E-state index contributed by atoms with van der Waals surface area (Å²) >= 11 is 0. The van der Waals surface area contributed by atoms with Crippen LogP contribution in [0.5, 0.6) is 5.75 Å². The number of aryl methyl sites for hydroxylation is 1. The first-order chi connectivity index (χ1) is 8.74. The maximum atomic E-state index is 13.2. The van der Waals surface area contributed by atoms with Crippen LogP contribution in [0.2, 0.25) is 0 Å². The van der Waals surface area contributed by atoms with E-state index in [1.807, 2.05) is 0 Å². The van der Waals surface area contributed by atoms with Gasteiger partial charge in [0.15, 0.2) is 5.82 Å². The minimum atomic E-state index is -0.383. The zero-order valence-corrected chi connectivity index (χ0v) is 10.0. The van der Waals surface area contributed by atoms with Crippen LogP contribution in [0, 0.1) is 5.82 Å². The van der Waals surface area contributed by atoms with Crippen molar-refractivity contribution in [2.24, 2.45) is 5.73 Å². The molecular weight excluding hydrogens is 237 g/mol. The number of benzene rings is 1. The van der Waals surface area contributed by atoms with Gasteiger partial charge in [-0.3, -0.25) is 0 Å². The molecule has 0 saturated heterocycles. The van der Waals surface area contributed by atoms with Gasteiger partial charge in [0.25, 0.3) is 0 Å². The van der Waals surface area contributed by atoms with E-state index in [1.165, 1.54) is 30.1 Å². The largest absolute Gasteiger partial charge is 0.494 e. The van der Waals surface area contributed by atoms with Crippen molar-refractivity contribution in [2.45, 2.75) is 12.8 Å². The molecule has 0 aliphatic rings. The van der Waals surface area contributed by atoms with E-state index >= 15 is 0 Å². The molecule has 2 rings (SSSR count). The van der Waals surface area contributed by atoms with Gasteiger partial charge in [-0.05, 0) is 30.3 Å². The summed E-state index contributed by atoms with van der Waals surface area (Å²) in [6.07, 6.45) is 1.43. The smallest absolute Gasteiger partial charge is 0.175 e. The van der Waals surface area contributed by atoms with Crippen LogP contribution in [0.25, 0.3) is 5.69 Å². The Morgan fingerprint density at radius 3 is 3.00 bits per heavy atom. The number of methoxy groups -OCH3 is 1. The van der Waals surface area contributed by atoms with Gasteiger partial charge in [-0.25, -0.2) is 4.39 Å². The van der Waals surface area contributed by atoms with Crippen LogP contribution >= 0.6 is 0 Å². The summed E-state index contributed by atoms with van der Waals surface area (Å²) in [6.45, 7) is 0.567. The van der Waals surface area contributed by atoms with E-state index < -0.39 is 0 Å². The lowest BCUT2D eigenvalue weighted by atomic mass is 10.3. The van der Waals surface area contributed by atoms with Crippen LogP contribution in [0.15, 0.2) is 18.2 Å². The normalized spacial score (nSPS) is 10.6. The first kappa shape index (κ1) is 12.4. The Kier molecular flexibility index (Phi) is 3.83. The number of ether oxygens (including phenoxy) is 1. The molecule has 0 unspecified atom stereocenters. The lowest BCUT2D eigenvalue weighted by molar-refractivity contribution is 0.408. The van der Waals surface area contributed by atoms with E-state index in [4.69, 9.17) is 10.5 Å². The molecule has 1 aromatic heterocycles. The summed E-state index contributed by atoms with van der Waals surface area (Å²) < 4.78 is 18.3. The van der Waals surface area contributed by atoms with Crippen molar-refractivity contribution in [1.82, 2.24) is 20.2 Å². The zero-order valence-electron chi connectivity index (χ0n) is 10.0. The third kappa shape index (κ3) is 2.62. The molecule has 0 spiro atoms. The second-order valence-corrected chi connectivity index (χ2v) is 3.70. The Balaban J connectivity index is 2.30. The lowest BCUT2D eigenvalue weighted by Gasteiger charge is -2.05. The molecule has 0 atom stereocenters. The van der Waals surface area contributed by atoms with E-state index in [0.29, 0.717) is 30.2 Å². The van der Waals surface area contributed by atoms with Crippen LogP contribution in [-0.4, -0.2) is 33.9 Å². The van der Waals surface area contributed by atoms with Crippen LogP contribution in [-0.2, 0) is 6.42 Å². The van der Waals surface area contributed by atoms with Gasteiger partial charge in [0.2, 0.25) is 0 Å². The average molecular weight is 251 g/mol. The molecule has 0 fully saturated rings. The molecule has 7 heteroatoms. The van der Waals surface area contributed by atoms with E-state index in [1.54, 1.807) is 0 Å². The Labute approximate surface area is 104 Å². The fourth-order valence-electron chi connectivity index (χ4n) is 1.52. The number of nitrogens with two attached hydrogens (primary N) is 1. The fraction of sp³-hybridized carbons (Fsp3) is 0.364. The number of halogens is 1. The maximum Gasteiger partial charge on any atom is 0.175 e. The number of aromatic nitrogens is 4. The van der Waals surface area contributed by atoms with Gasteiger partial charge in [0.1, 0.15) is 17.3 Å². The molecule has 0 bridgehead atoms. The summed E-state index contributed by atoms with van der Waals surface area (Å²) in [5, 5.41) is 11.9. The standard InChI is InChI=1S/C11H14FN5O/c1-18-10-5-4-8(12)7-9(10)17-15-11(14-16-17)3-2-6-13/h4-5,7H,2-3,6,13H2,1H3. The molecule has 0 aliphatic heterocycles. The summed E-state index contributed by atoms with van der Waals surface area (Å²) in [5.41, 5.74) is 5.83. The molecule has 6 nitrogen and oxygen atoms in total. The number of hydrogen-bond donors (Lipinski definition) is 1. The summed E-state index contributed by atoms with van der Waals surface area (Å²) in [7, 11) is 1.50. The van der Waals surface area contributed by atoms with E-state index in [0.717, 1.165) is 6.42 Å². The molecule has 0 amide bonds. The maximum absolute atomic E-state index is 13.2. The summed E-state index contributed by atoms with van der Waals surface area (Å²) in [6, 6.07) is 4.13. The van der Waals surface area contributed by atoms with Crippen molar-refractivity contribution in [3.8, 4) is 11.4 Å². The van der Waals surface area contributed by atoms with Crippen molar-refractivity contribution in [1.29, 1.82) is 0 Å². The van der Waals surface area contributed by atoms with Gasteiger partial charge < -0.3 is 10.5 Å². The average Bonchev–Trinajstić information content (AvgIpc) is 2.85. The van der Waals surface area contributed by atoms with Crippen LogP contribution < -0.4 is 10.5 Å². The number of nitrogens with zero attached hydrogens (tertiary/aromatic N) is 4. The minimum Gasteiger partial charge on any atom is -0.494 e. The van der Waals surface area contributed by atoms with Gasteiger partial charge in [-0.2, -0.15) is 0 Å². The van der Waals surface area contributed by atoms with E-state index in [2.05, 4.69) is 15.4 Å². The van der Waals surface area contributed by atoms with Gasteiger partial charge in [-0.1, -0.05) is 0 Å². The van der Waals surface area contributed by atoms with E-state index in [9.17, 15) is 4.39 Å². The molecule has 0 aliphatic carbocycles. The third-order valence-electron chi connectivity index (χ3n) is 2.42. The van der Waals surface area contributed by atoms with Crippen molar-refractivity contribution in [2.75, 3.05) is 13.7 Å². The molecule has 1 heterocycles. The molecule has 1 aromatic carbocycles. The molecular formula is C11H14FN5O. The lowest BCUT2D eigenvalue weighted by Crippen LogP contribution is -2.04. The molecule has 0 saturated carbocycles. The van der Waals surface area contributed by atoms with Gasteiger partial charge in [0.05, 0.1) is 7.11 Å². The van der Waals surface area contributed by atoms with Crippen LogP contribution in [0.1, 0.15) is 12.2 Å². The van der Waals surface area contributed by atoms with Gasteiger partial charge in [-0.15, -0.1) is 15.0 Å². The molecule has 96 valence electrons. The zero-order chi connectivity index (χ0) is 13.0. The molecule has 2 aromatic rings. The highest BCUT2D eigenvalue weighted by Gasteiger charge is 2.10. The predicted molar refractivity (Wildman–Crippen MR) is 63.0 cm³/mol. The topological polar surface area (TPSA) is 78.8 Å². The fourth-order valence-corrected chi connectivity index (χ4v) is 1.52. The Hall–Kier alpha value is -2.02. The number of tetrazole rings is 1. The van der Waals surface area contributed by atoms with Crippen molar-refractivity contribution < 1.29 is 9.13 Å². The van der Waals surface area contributed by atoms with Crippen molar-refractivity contribution in [3.05, 3.63) is 29.8 Å². The number of rotatable bonds is 5. The van der Waals surface area contributed by atoms with Gasteiger partial charge >= 0.3 is 0 Å². The summed E-state index contributed by atoms with van der Waals surface area (Å²) in [5.74, 6) is 0.678. The second kappa shape index (κ2) is 5.54. The molecule has 0 radical (unpaired) electrons. The third-order valence-corrected chi connectivity index (χ3v) is 2.42. The second-order valence-electron chi connectivity index (χ2n) is 3.70. The molecule has 18 heavy (non-hydrogen) atoms. The monoisotopic (exact) mass is 251 g/mol. The quantitative estimate of drug-likeness (QED) is 0.846. The van der Waals surface area contributed by atoms with Gasteiger partial charge in [0, 0.05) is 12.5 Å². The van der Waals surface area contributed by atoms with E-state index in [-0.39, 0.29) is 5.82 Å². The van der Waals surface area contributed by atoms with Crippen LogP contribution in [0.3, 0.4) is 0 Å². The Morgan fingerprint density at radius 1 is 1.44 bits per heavy atom. The Bertz CT molecular complexity index is 528. The highest BCUT2D eigenvalue weighted by molar-refractivity contribution is 5.45. The molecule has 2 N–H and O–H groups in total. The van der Waals surface area contributed by atoms with Crippen LogP contribution in [0.4, 0.5) is 4.39 Å². The minimum absolute atomic E-state index is 0.383. The summed E-state index contributed by atoms with van der Waals surface area (Å²) in [4.78, 5) is 1.26. The SMILES string of the molecule is COc1ccc(F)cc1-n1nnc(CCCN)n1. The number of hydrogen-bond acceptors (Lipinski definition) is 5. The highest BCUT2D eigenvalue weighted by atomic mass is 19.1. The first-order valence-corrected chi connectivity index (χ1v) is 5.57. The Morgan fingerprint density at radius 2 is 2.28 bits per heavy atom. The van der Waals surface area contributed by atoms with Crippen molar-refractivity contribution in [3.63, 3.8) is 0 Å². The predicted octanol–water partition coefficient (Wildman–Crippen LogP) is 0.701. The van der Waals surface area contributed by atoms with Crippen molar-refractivity contribution >= 4 is 0 Å². The highest BCUT2D eigenvalue weighted by Crippen LogP contribution is 2.21. The first-order valence-electron chi connectivity index (χ1n) is 5.57.